The molecule has 10 heteroatoms. The highest BCUT2D eigenvalue weighted by Crippen LogP contribution is 2.34. The predicted octanol–water partition coefficient (Wildman–Crippen LogP) is 3.24. The molecular weight excluding hydrogens is 397 g/mol. The van der Waals surface area contributed by atoms with Crippen molar-refractivity contribution in [2.24, 2.45) is 13.0 Å². The van der Waals surface area contributed by atoms with E-state index in [1.165, 1.54) is 12.4 Å². The SMILES string of the molecule is Cn1ccnc1C(O)C1CCCN(c2cc(C(F)(F)F)nc(-c3ccncc3)n2)C1. The van der Waals surface area contributed by atoms with E-state index in [1.807, 2.05) is 0 Å². The van der Waals surface area contributed by atoms with Gasteiger partial charge in [0.2, 0.25) is 0 Å². The van der Waals surface area contributed by atoms with Crippen molar-refractivity contribution < 1.29 is 18.3 Å². The van der Waals surface area contributed by atoms with E-state index < -0.39 is 18.0 Å². The Balaban J connectivity index is 1.66. The Kier molecular flexibility index (Phi) is 5.42. The molecule has 2 atom stereocenters. The number of aliphatic hydroxyl groups excluding tert-OH is 1. The first-order valence-electron chi connectivity index (χ1n) is 9.60. The molecule has 0 amide bonds. The first-order chi connectivity index (χ1) is 14.3. The number of anilines is 1. The maximum atomic E-state index is 13.5. The molecule has 4 heterocycles. The van der Waals surface area contributed by atoms with Crippen molar-refractivity contribution >= 4 is 5.82 Å². The monoisotopic (exact) mass is 418 g/mol. The second kappa shape index (κ2) is 8.02. The summed E-state index contributed by atoms with van der Waals surface area (Å²) < 4.78 is 42.2. The van der Waals surface area contributed by atoms with Gasteiger partial charge in [-0.15, -0.1) is 0 Å². The van der Waals surface area contributed by atoms with Crippen molar-refractivity contribution in [3.05, 3.63) is 54.5 Å². The molecule has 0 bridgehead atoms. The average Bonchev–Trinajstić information content (AvgIpc) is 3.19. The number of hydrogen-bond donors (Lipinski definition) is 1. The average molecular weight is 418 g/mol. The molecule has 4 rings (SSSR count). The summed E-state index contributed by atoms with van der Waals surface area (Å²) in [4.78, 5) is 18.0. The van der Waals surface area contributed by atoms with Crippen LogP contribution in [-0.2, 0) is 13.2 Å². The molecule has 1 aliphatic heterocycles. The summed E-state index contributed by atoms with van der Waals surface area (Å²) in [5, 5.41) is 10.8. The van der Waals surface area contributed by atoms with Crippen LogP contribution >= 0.6 is 0 Å². The summed E-state index contributed by atoms with van der Waals surface area (Å²) >= 11 is 0. The van der Waals surface area contributed by atoms with Crippen molar-refractivity contribution in [3.63, 3.8) is 0 Å². The lowest BCUT2D eigenvalue weighted by molar-refractivity contribution is -0.141. The van der Waals surface area contributed by atoms with Crippen molar-refractivity contribution in [2.45, 2.75) is 25.1 Å². The zero-order valence-electron chi connectivity index (χ0n) is 16.3. The summed E-state index contributed by atoms with van der Waals surface area (Å²) in [7, 11) is 1.80. The summed E-state index contributed by atoms with van der Waals surface area (Å²) in [5.74, 6) is 0.557. The van der Waals surface area contributed by atoms with Crippen molar-refractivity contribution in [3.8, 4) is 11.4 Å². The van der Waals surface area contributed by atoms with Gasteiger partial charge in [-0.3, -0.25) is 4.98 Å². The Bertz CT molecular complexity index is 1010. The third-order valence-corrected chi connectivity index (χ3v) is 5.29. The van der Waals surface area contributed by atoms with Crippen LogP contribution in [-0.4, -0.2) is 42.7 Å². The fourth-order valence-corrected chi connectivity index (χ4v) is 3.72. The van der Waals surface area contributed by atoms with E-state index in [0.29, 0.717) is 24.5 Å². The number of hydrogen-bond acceptors (Lipinski definition) is 6. The quantitative estimate of drug-likeness (QED) is 0.701. The highest BCUT2D eigenvalue weighted by Gasteiger charge is 2.35. The Labute approximate surface area is 171 Å². The number of piperidine rings is 1. The van der Waals surface area contributed by atoms with Gasteiger partial charge < -0.3 is 14.6 Å². The van der Waals surface area contributed by atoms with Gasteiger partial charge in [0, 0.05) is 62.5 Å². The van der Waals surface area contributed by atoms with Crippen LogP contribution in [0, 0.1) is 5.92 Å². The fraction of sp³-hybridized carbons (Fsp3) is 0.400. The summed E-state index contributed by atoms with van der Waals surface area (Å²) in [5.41, 5.74) is -0.537. The molecule has 1 aliphatic rings. The van der Waals surface area contributed by atoms with E-state index in [0.717, 1.165) is 18.9 Å². The molecule has 0 spiro atoms. The lowest BCUT2D eigenvalue weighted by atomic mass is 9.92. The van der Waals surface area contributed by atoms with E-state index in [-0.39, 0.29) is 17.6 Å². The van der Waals surface area contributed by atoms with Crippen LogP contribution in [0.15, 0.2) is 43.0 Å². The molecule has 0 radical (unpaired) electrons. The van der Waals surface area contributed by atoms with E-state index in [4.69, 9.17) is 0 Å². The van der Waals surface area contributed by atoms with Crippen molar-refractivity contribution in [2.75, 3.05) is 18.0 Å². The highest BCUT2D eigenvalue weighted by atomic mass is 19.4. The van der Waals surface area contributed by atoms with Gasteiger partial charge in [-0.1, -0.05) is 0 Å². The van der Waals surface area contributed by atoms with Crippen LogP contribution in [0.1, 0.15) is 30.5 Å². The minimum Gasteiger partial charge on any atom is -0.385 e. The van der Waals surface area contributed by atoms with Gasteiger partial charge in [0.05, 0.1) is 0 Å². The molecule has 3 aromatic heterocycles. The van der Waals surface area contributed by atoms with Crippen molar-refractivity contribution in [1.29, 1.82) is 0 Å². The zero-order valence-corrected chi connectivity index (χ0v) is 16.3. The minimum absolute atomic E-state index is 0.00556. The first-order valence-corrected chi connectivity index (χ1v) is 9.60. The van der Waals surface area contributed by atoms with Gasteiger partial charge in [0.15, 0.2) is 11.5 Å². The van der Waals surface area contributed by atoms with Crippen LogP contribution in [0.5, 0.6) is 0 Å². The molecule has 7 nitrogen and oxygen atoms in total. The largest absolute Gasteiger partial charge is 0.433 e. The van der Waals surface area contributed by atoms with E-state index in [2.05, 4.69) is 19.9 Å². The van der Waals surface area contributed by atoms with Gasteiger partial charge in [-0.05, 0) is 25.0 Å². The Morgan fingerprint density at radius 3 is 2.60 bits per heavy atom. The fourth-order valence-electron chi connectivity index (χ4n) is 3.72. The number of aryl methyl sites for hydroxylation is 1. The molecule has 158 valence electrons. The maximum absolute atomic E-state index is 13.5. The number of alkyl halides is 3. The Morgan fingerprint density at radius 1 is 1.17 bits per heavy atom. The normalized spacial score (nSPS) is 18.4. The van der Waals surface area contributed by atoms with Gasteiger partial charge >= 0.3 is 6.18 Å². The molecule has 1 saturated heterocycles. The topological polar surface area (TPSA) is 80.0 Å². The van der Waals surface area contributed by atoms with E-state index in [1.54, 1.807) is 41.0 Å². The second-order valence-corrected chi connectivity index (χ2v) is 7.36. The molecular formula is C20H21F3N6O. The third kappa shape index (κ3) is 4.13. The number of aromatic nitrogens is 5. The number of aliphatic hydroxyl groups is 1. The maximum Gasteiger partial charge on any atom is 0.433 e. The number of pyridine rings is 1. The standard InChI is InChI=1S/C20H21F3N6O/c1-28-10-8-25-19(28)17(30)14-3-2-9-29(12-14)16-11-15(20(21,22)23)26-18(27-16)13-4-6-24-7-5-13/h4-8,10-11,14,17,30H,2-3,9,12H2,1H3. The number of imidazole rings is 1. The van der Waals surface area contributed by atoms with Crippen LogP contribution in [0.4, 0.5) is 19.0 Å². The molecule has 30 heavy (non-hydrogen) atoms. The Morgan fingerprint density at radius 2 is 1.93 bits per heavy atom. The summed E-state index contributed by atoms with van der Waals surface area (Å²) in [6.07, 6.45) is 2.40. The number of halogens is 3. The molecule has 2 unspecified atom stereocenters. The zero-order chi connectivity index (χ0) is 21.3. The van der Waals surface area contributed by atoms with Gasteiger partial charge in [-0.25, -0.2) is 15.0 Å². The van der Waals surface area contributed by atoms with Crippen LogP contribution in [0.25, 0.3) is 11.4 Å². The van der Waals surface area contributed by atoms with Crippen LogP contribution in [0.3, 0.4) is 0 Å². The van der Waals surface area contributed by atoms with Crippen LogP contribution < -0.4 is 4.90 Å². The van der Waals surface area contributed by atoms with Gasteiger partial charge in [0.1, 0.15) is 17.7 Å². The van der Waals surface area contributed by atoms with Gasteiger partial charge in [0.25, 0.3) is 0 Å². The summed E-state index contributed by atoms with van der Waals surface area (Å²) in [6.45, 7) is 0.923. The van der Waals surface area contributed by atoms with Crippen molar-refractivity contribution in [1.82, 2.24) is 24.5 Å². The minimum atomic E-state index is -4.60. The molecule has 0 saturated carbocycles. The molecule has 3 aromatic rings. The van der Waals surface area contributed by atoms with Crippen LogP contribution in [0.2, 0.25) is 0 Å². The predicted molar refractivity (Wildman–Crippen MR) is 103 cm³/mol. The van der Waals surface area contributed by atoms with Gasteiger partial charge in [-0.2, -0.15) is 13.2 Å². The Hall–Kier alpha value is -3.01. The van der Waals surface area contributed by atoms with E-state index >= 15 is 0 Å². The molecule has 1 N–H and O–H groups in total. The third-order valence-electron chi connectivity index (χ3n) is 5.29. The molecule has 1 fully saturated rings. The smallest absolute Gasteiger partial charge is 0.385 e. The number of nitrogens with zero attached hydrogens (tertiary/aromatic N) is 6. The summed E-state index contributed by atoms with van der Waals surface area (Å²) in [6, 6.07) is 4.12. The second-order valence-electron chi connectivity index (χ2n) is 7.36. The first kappa shape index (κ1) is 20.3. The molecule has 0 aromatic carbocycles. The number of rotatable bonds is 4. The molecule has 0 aliphatic carbocycles. The highest BCUT2D eigenvalue weighted by molar-refractivity contribution is 5.57. The lowest BCUT2D eigenvalue weighted by Crippen LogP contribution is -2.39. The lowest BCUT2D eigenvalue weighted by Gasteiger charge is -2.35. The van der Waals surface area contributed by atoms with E-state index in [9.17, 15) is 18.3 Å².